The molecule has 4 fully saturated rings. The quantitative estimate of drug-likeness (QED) is 0.600. The number of alkyl halides is 2. The van der Waals surface area contributed by atoms with E-state index in [9.17, 15) is 8.78 Å². The molecule has 3 saturated heterocycles. The third kappa shape index (κ3) is 4.25. The lowest BCUT2D eigenvalue weighted by Crippen LogP contribution is -2.63. The molecule has 212 valence electrons. The summed E-state index contributed by atoms with van der Waals surface area (Å²) >= 11 is 0. The molecule has 7 rings (SSSR count). The minimum absolute atomic E-state index is 0.0335. The Kier molecular flexibility index (Phi) is 6.36. The van der Waals surface area contributed by atoms with Gasteiger partial charge in [-0.05, 0) is 44.6 Å². The van der Waals surface area contributed by atoms with Gasteiger partial charge in [0.05, 0.1) is 24.0 Å². The van der Waals surface area contributed by atoms with Gasteiger partial charge >= 0.3 is 0 Å². The second-order valence-electron chi connectivity index (χ2n) is 12.3. The summed E-state index contributed by atoms with van der Waals surface area (Å²) in [5, 5.41) is 8.18. The minimum atomic E-state index is -2.58. The van der Waals surface area contributed by atoms with Crippen LogP contribution in [0.1, 0.15) is 68.0 Å². The molecular formula is C29H41F2N7O. The summed E-state index contributed by atoms with van der Waals surface area (Å²) in [6.07, 6.45) is 4.71. The van der Waals surface area contributed by atoms with E-state index in [-0.39, 0.29) is 16.8 Å². The Morgan fingerprint density at radius 2 is 1.82 bits per heavy atom. The van der Waals surface area contributed by atoms with Crippen LogP contribution in [0.3, 0.4) is 0 Å². The fourth-order valence-electron chi connectivity index (χ4n) is 7.35. The number of anilines is 2. The van der Waals surface area contributed by atoms with E-state index in [2.05, 4.69) is 49.6 Å². The van der Waals surface area contributed by atoms with Crippen LogP contribution in [0.4, 0.5) is 20.3 Å². The summed E-state index contributed by atoms with van der Waals surface area (Å²) in [6, 6.07) is 2.59. The van der Waals surface area contributed by atoms with E-state index < -0.39 is 6.43 Å². The SMILES string of the molecule is CCCc1c(N2CC(N3CCNCC3)C2)cc(N2CCC3(CC2)OCC2(CC2)n2ncc(C)c23)nc1C(F)F. The third-order valence-corrected chi connectivity index (χ3v) is 9.87. The second-order valence-corrected chi connectivity index (χ2v) is 12.3. The number of nitrogens with one attached hydrogen (secondary N) is 1. The lowest BCUT2D eigenvalue weighted by molar-refractivity contribution is -0.115. The first-order valence-electron chi connectivity index (χ1n) is 14.9. The number of aryl methyl sites for hydroxylation is 1. The molecule has 1 aliphatic carbocycles. The molecule has 2 aromatic heterocycles. The standard InChI is InChI=1S/C29H41F2N7O/c1-3-4-22-23(37-17-21(18-37)35-13-9-32-10-14-35)15-24(34-25(22)27(30)31)36-11-7-29(8-12-36)26-20(2)16-33-38(26)28(5-6-28)19-39-29/h15-16,21,27,32H,3-14,17-19H2,1-2H3. The molecule has 0 aromatic carbocycles. The number of hydrogen-bond acceptors (Lipinski definition) is 7. The number of rotatable bonds is 6. The second kappa shape index (κ2) is 9.66. The van der Waals surface area contributed by atoms with Crippen molar-refractivity contribution in [1.29, 1.82) is 0 Å². The molecule has 0 amide bonds. The zero-order chi connectivity index (χ0) is 26.8. The highest BCUT2D eigenvalue weighted by Gasteiger charge is 2.56. The maximum atomic E-state index is 14.4. The van der Waals surface area contributed by atoms with Crippen molar-refractivity contribution in [2.75, 3.05) is 68.8 Å². The van der Waals surface area contributed by atoms with Gasteiger partial charge < -0.3 is 19.9 Å². The Labute approximate surface area is 229 Å². The van der Waals surface area contributed by atoms with Gasteiger partial charge in [-0.1, -0.05) is 13.3 Å². The van der Waals surface area contributed by atoms with Gasteiger partial charge in [0.2, 0.25) is 0 Å². The molecule has 10 heteroatoms. The van der Waals surface area contributed by atoms with E-state index in [1.54, 1.807) is 0 Å². The van der Waals surface area contributed by atoms with E-state index in [4.69, 9.17) is 9.84 Å². The van der Waals surface area contributed by atoms with Crippen LogP contribution in [0, 0.1) is 6.92 Å². The average Bonchev–Trinajstić information content (AvgIpc) is 3.59. The van der Waals surface area contributed by atoms with Crippen LogP contribution in [0.2, 0.25) is 0 Å². The predicted molar refractivity (Wildman–Crippen MR) is 147 cm³/mol. The number of hydrogen-bond donors (Lipinski definition) is 1. The van der Waals surface area contributed by atoms with Crippen LogP contribution in [0.15, 0.2) is 12.3 Å². The molecule has 8 nitrogen and oxygen atoms in total. The fourth-order valence-corrected chi connectivity index (χ4v) is 7.35. The third-order valence-electron chi connectivity index (χ3n) is 9.87. The molecule has 0 atom stereocenters. The smallest absolute Gasteiger partial charge is 0.280 e. The van der Waals surface area contributed by atoms with Crippen molar-refractivity contribution in [3.8, 4) is 0 Å². The van der Waals surface area contributed by atoms with Crippen molar-refractivity contribution in [2.24, 2.45) is 0 Å². The van der Waals surface area contributed by atoms with Gasteiger partial charge in [0.25, 0.3) is 6.43 Å². The number of ether oxygens (including phenoxy) is 1. The number of piperidine rings is 1. The zero-order valence-electron chi connectivity index (χ0n) is 23.3. The van der Waals surface area contributed by atoms with E-state index >= 15 is 0 Å². The number of pyridine rings is 1. The van der Waals surface area contributed by atoms with Gasteiger partial charge in [0.1, 0.15) is 17.1 Å². The Hall–Kier alpha value is -2.30. The maximum Gasteiger partial charge on any atom is 0.280 e. The van der Waals surface area contributed by atoms with Crippen molar-refractivity contribution >= 4 is 11.5 Å². The number of halogens is 2. The van der Waals surface area contributed by atoms with E-state index in [1.807, 2.05) is 6.20 Å². The molecule has 2 aromatic rings. The summed E-state index contributed by atoms with van der Waals surface area (Å²) in [5.74, 6) is 0.681. The topological polar surface area (TPSA) is 61.7 Å². The van der Waals surface area contributed by atoms with Crippen LogP contribution in [-0.2, 0) is 22.3 Å². The molecule has 0 bridgehead atoms. The maximum absolute atomic E-state index is 14.4. The summed E-state index contributed by atoms with van der Waals surface area (Å²) < 4.78 is 37.8. The molecule has 5 aliphatic rings. The lowest BCUT2D eigenvalue weighted by atomic mass is 9.84. The molecule has 39 heavy (non-hydrogen) atoms. The van der Waals surface area contributed by atoms with Crippen LogP contribution in [0.25, 0.3) is 0 Å². The van der Waals surface area contributed by atoms with E-state index in [0.717, 1.165) is 95.7 Å². The fraction of sp³-hybridized carbons (Fsp3) is 0.724. The molecule has 4 aliphatic heterocycles. The van der Waals surface area contributed by atoms with Crippen molar-refractivity contribution in [3.05, 3.63) is 34.8 Å². The van der Waals surface area contributed by atoms with E-state index in [1.165, 1.54) is 11.3 Å². The lowest BCUT2D eigenvalue weighted by Gasteiger charge is -2.49. The molecule has 6 heterocycles. The minimum Gasteiger partial charge on any atom is -0.368 e. The van der Waals surface area contributed by atoms with Crippen LogP contribution < -0.4 is 15.1 Å². The Morgan fingerprint density at radius 1 is 1.08 bits per heavy atom. The first kappa shape index (κ1) is 25.7. The molecule has 0 unspecified atom stereocenters. The monoisotopic (exact) mass is 541 g/mol. The Bertz CT molecular complexity index is 1210. The molecular weight excluding hydrogens is 500 g/mol. The normalized spacial score (nSPS) is 24.4. The highest BCUT2D eigenvalue weighted by atomic mass is 19.3. The summed E-state index contributed by atoms with van der Waals surface area (Å²) in [6.45, 7) is 12.3. The molecule has 2 spiro atoms. The summed E-state index contributed by atoms with van der Waals surface area (Å²) in [5.41, 5.74) is 3.78. The first-order valence-corrected chi connectivity index (χ1v) is 14.9. The predicted octanol–water partition coefficient (Wildman–Crippen LogP) is 3.59. The summed E-state index contributed by atoms with van der Waals surface area (Å²) in [7, 11) is 0. The molecule has 0 radical (unpaired) electrons. The van der Waals surface area contributed by atoms with Crippen molar-refractivity contribution < 1.29 is 13.5 Å². The number of aromatic nitrogens is 3. The zero-order valence-corrected chi connectivity index (χ0v) is 23.3. The van der Waals surface area contributed by atoms with Crippen molar-refractivity contribution in [2.45, 2.75) is 76.0 Å². The Balaban J connectivity index is 1.14. The highest BCUT2D eigenvalue weighted by molar-refractivity contribution is 5.64. The van der Waals surface area contributed by atoms with Gasteiger partial charge in [-0.3, -0.25) is 9.58 Å². The number of fused-ring (bicyclic) bond motifs is 3. The van der Waals surface area contributed by atoms with Gasteiger partial charge in [-0.2, -0.15) is 5.10 Å². The highest BCUT2D eigenvalue weighted by Crippen LogP contribution is 2.53. The van der Waals surface area contributed by atoms with Gasteiger partial charge in [-0.25, -0.2) is 13.8 Å². The number of nitrogens with zero attached hydrogens (tertiary/aromatic N) is 6. The first-order chi connectivity index (χ1) is 18.9. The van der Waals surface area contributed by atoms with Crippen LogP contribution in [0.5, 0.6) is 0 Å². The average molecular weight is 542 g/mol. The van der Waals surface area contributed by atoms with Crippen molar-refractivity contribution in [1.82, 2.24) is 25.0 Å². The largest absolute Gasteiger partial charge is 0.368 e. The number of piperazine rings is 1. The van der Waals surface area contributed by atoms with Gasteiger partial charge in [-0.15, -0.1) is 0 Å². The van der Waals surface area contributed by atoms with Crippen LogP contribution >= 0.6 is 0 Å². The van der Waals surface area contributed by atoms with E-state index in [0.29, 0.717) is 24.9 Å². The Morgan fingerprint density at radius 3 is 2.49 bits per heavy atom. The van der Waals surface area contributed by atoms with Crippen LogP contribution in [-0.4, -0.2) is 84.7 Å². The molecule has 1 saturated carbocycles. The van der Waals surface area contributed by atoms with Gasteiger partial charge in [0, 0.05) is 75.7 Å². The molecule has 1 N–H and O–H groups in total. The summed E-state index contributed by atoms with van der Waals surface area (Å²) in [4.78, 5) is 11.7. The van der Waals surface area contributed by atoms with Crippen molar-refractivity contribution in [3.63, 3.8) is 0 Å². The van der Waals surface area contributed by atoms with Gasteiger partial charge in [0.15, 0.2) is 0 Å².